The van der Waals surface area contributed by atoms with Crippen LogP contribution in [0.15, 0.2) is 24.5 Å². The van der Waals surface area contributed by atoms with Crippen LogP contribution in [-0.2, 0) is 9.47 Å². The zero-order valence-electron chi connectivity index (χ0n) is 13.3. The van der Waals surface area contributed by atoms with Crippen LogP contribution in [0.3, 0.4) is 0 Å². The van der Waals surface area contributed by atoms with E-state index in [0.29, 0.717) is 12.0 Å². The Morgan fingerprint density at radius 3 is 2.50 bits per heavy atom. The third kappa shape index (κ3) is 1.51. The van der Waals surface area contributed by atoms with E-state index in [1.54, 1.807) is 25.3 Å². The van der Waals surface area contributed by atoms with Crippen molar-refractivity contribution in [3.8, 4) is 18.2 Å². The van der Waals surface area contributed by atoms with Crippen molar-refractivity contribution in [2.75, 3.05) is 0 Å². The molecule has 2 fully saturated rings. The first kappa shape index (κ1) is 15.9. The number of nitriles is 3. The van der Waals surface area contributed by atoms with Crippen molar-refractivity contribution in [1.82, 2.24) is 4.98 Å². The number of hydrogen-bond donors (Lipinski definition) is 1. The molecule has 1 N–H and O–H groups in total. The quantitative estimate of drug-likeness (QED) is 0.891. The Kier molecular flexibility index (Phi) is 3.34. The first-order chi connectivity index (χ1) is 11.5. The number of hydrogen-bond acceptors (Lipinski definition) is 7. The monoisotopic (exact) mass is 321 g/mol. The van der Waals surface area contributed by atoms with Crippen molar-refractivity contribution in [2.24, 2.45) is 16.7 Å². The molecule has 7 nitrogen and oxygen atoms in total. The van der Waals surface area contributed by atoms with Gasteiger partial charge in [-0.2, -0.15) is 15.8 Å². The highest BCUT2D eigenvalue weighted by atomic mass is 16.7. The zero-order chi connectivity index (χ0) is 17.6. The number of pyridine rings is 1. The fraction of sp³-hybridized carbons (Fsp3) is 0.471. The largest absolute Gasteiger partial charge is 0.447 e. The van der Waals surface area contributed by atoms with Crippen LogP contribution in [0.2, 0.25) is 0 Å². The van der Waals surface area contributed by atoms with Crippen molar-refractivity contribution in [1.29, 1.82) is 21.2 Å². The lowest BCUT2D eigenvalue weighted by atomic mass is 9.54. The van der Waals surface area contributed by atoms with Gasteiger partial charge in [0.25, 0.3) is 0 Å². The fourth-order valence-corrected chi connectivity index (χ4v) is 3.87. The SMILES string of the molecule is CCC12OC(=N)C(C#N)(C1C)C(C#N)(C#N)C(c1cccnc1)O2. The number of nitrogens with one attached hydrogen (secondary N) is 1. The molecule has 0 spiro atoms. The van der Waals surface area contributed by atoms with Gasteiger partial charge < -0.3 is 9.47 Å². The molecule has 0 aromatic carbocycles. The van der Waals surface area contributed by atoms with Crippen LogP contribution in [0, 0.1) is 56.2 Å². The molecule has 3 heterocycles. The highest BCUT2D eigenvalue weighted by Crippen LogP contribution is 2.66. The molecule has 2 aliphatic rings. The summed E-state index contributed by atoms with van der Waals surface area (Å²) in [6.45, 7) is 3.51. The summed E-state index contributed by atoms with van der Waals surface area (Å²) in [6, 6.07) is 9.38. The zero-order valence-corrected chi connectivity index (χ0v) is 13.3. The number of aromatic nitrogens is 1. The highest BCUT2D eigenvalue weighted by Gasteiger charge is 2.78. The van der Waals surface area contributed by atoms with Crippen LogP contribution in [0.5, 0.6) is 0 Å². The molecule has 4 unspecified atom stereocenters. The number of fused-ring (bicyclic) bond motifs is 2. The summed E-state index contributed by atoms with van der Waals surface area (Å²) in [5.74, 6) is -2.24. The molecule has 0 aliphatic carbocycles. The Morgan fingerprint density at radius 2 is 2.00 bits per heavy atom. The van der Waals surface area contributed by atoms with E-state index < -0.39 is 28.6 Å². The molecule has 2 bridgehead atoms. The van der Waals surface area contributed by atoms with Crippen molar-refractivity contribution >= 4 is 5.90 Å². The molecular formula is C17H15N5O2. The molecule has 24 heavy (non-hydrogen) atoms. The van der Waals surface area contributed by atoms with Crippen LogP contribution >= 0.6 is 0 Å². The summed E-state index contributed by atoms with van der Waals surface area (Å²) in [5.41, 5.74) is -3.11. The molecule has 1 aromatic heterocycles. The number of nitrogens with zero attached hydrogens (tertiary/aromatic N) is 4. The van der Waals surface area contributed by atoms with E-state index >= 15 is 0 Å². The van der Waals surface area contributed by atoms with E-state index in [1.165, 1.54) is 6.20 Å². The molecule has 0 amide bonds. The molecule has 4 atom stereocenters. The van der Waals surface area contributed by atoms with Gasteiger partial charge in [-0.3, -0.25) is 10.4 Å². The van der Waals surface area contributed by atoms with Crippen LogP contribution in [0.4, 0.5) is 0 Å². The van der Waals surface area contributed by atoms with Gasteiger partial charge in [-0.15, -0.1) is 0 Å². The van der Waals surface area contributed by atoms with E-state index in [2.05, 4.69) is 11.1 Å². The van der Waals surface area contributed by atoms with Gasteiger partial charge in [-0.25, -0.2) is 0 Å². The third-order valence-electron chi connectivity index (χ3n) is 5.28. The summed E-state index contributed by atoms with van der Waals surface area (Å²) in [6.07, 6.45) is 2.41. The highest BCUT2D eigenvalue weighted by molar-refractivity contribution is 5.89. The van der Waals surface area contributed by atoms with Gasteiger partial charge in [0.15, 0.2) is 5.41 Å². The Morgan fingerprint density at radius 1 is 1.29 bits per heavy atom. The van der Waals surface area contributed by atoms with E-state index in [1.807, 2.05) is 19.1 Å². The Balaban J connectivity index is 2.34. The standard InChI is InChI=1S/C17H15N5O2/c1-3-17-11(2)16(10-20,14(21)24-17)15(8-18,9-19)13(23-17)12-5-4-6-22-7-12/h4-7,11,13,21H,3H2,1-2H3. The lowest BCUT2D eigenvalue weighted by Crippen LogP contribution is -2.58. The smallest absolute Gasteiger partial charge is 0.217 e. The summed E-state index contributed by atoms with van der Waals surface area (Å²) >= 11 is 0. The molecule has 2 aliphatic heterocycles. The topological polar surface area (TPSA) is 127 Å². The second-order valence-electron chi connectivity index (χ2n) is 6.05. The van der Waals surface area contributed by atoms with Crippen LogP contribution in [0.25, 0.3) is 0 Å². The molecule has 3 rings (SSSR count). The van der Waals surface area contributed by atoms with Crippen molar-refractivity contribution < 1.29 is 9.47 Å². The van der Waals surface area contributed by atoms with Gasteiger partial charge in [0.2, 0.25) is 17.1 Å². The summed E-state index contributed by atoms with van der Waals surface area (Å²) in [4.78, 5) is 4.02. The molecule has 0 saturated carbocycles. The first-order valence-electron chi connectivity index (χ1n) is 7.57. The molecule has 1 aromatic rings. The Bertz CT molecular complexity index is 804. The number of rotatable bonds is 2. The second-order valence-corrected chi connectivity index (χ2v) is 6.05. The summed E-state index contributed by atoms with van der Waals surface area (Å²) < 4.78 is 11.8. The van der Waals surface area contributed by atoms with Gasteiger partial charge in [0.05, 0.1) is 24.1 Å². The van der Waals surface area contributed by atoms with Crippen LogP contribution in [0.1, 0.15) is 31.9 Å². The minimum atomic E-state index is -1.91. The summed E-state index contributed by atoms with van der Waals surface area (Å²) in [7, 11) is 0. The lowest BCUT2D eigenvalue weighted by Gasteiger charge is -2.48. The predicted octanol–water partition coefficient (Wildman–Crippen LogP) is 2.45. The predicted molar refractivity (Wildman–Crippen MR) is 80.8 cm³/mol. The van der Waals surface area contributed by atoms with Gasteiger partial charge in [0.1, 0.15) is 6.10 Å². The van der Waals surface area contributed by atoms with Crippen molar-refractivity contribution in [3.63, 3.8) is 0 Å². The van der Waals surface area contributed by atoms with E-state index in [4.69, 9.17) is 14.9 Å². The minimum absolute atomic E-state index is 0.379. The Hall–Kier alpha value is -2.95. The second kappa shape index (κ2) is 5.03. The lowest BCUT2D eigenvalue weighted by molar-refractivity contribution is -0.280. The fourth-order valence-electron chi connectivity index (χ4n) is 3.87. The van der Waals surface area contributed by atoms with Gasteiger partial charge in [0, 0.05) is 24.4 Å². The number of ether oxygens (including phenoxy) is 2. The molecule has 120 valence electrons. The molecule has 7 heteroatoms. The maximum absolute atomic E-state index is 9.94. The Labute approximate surface area is 139 Å². The van der Waals surface area contributed by atoms with E-state index in [-0.39, 0.29) is 5.90 Å². The van der Waals surface area contributed by atoms with Crippen molar-refractivity contribution in [2.45, 2.75) is 32.2 Å². The van der Waals surface area contributed by atoms with Crippen LogP contribution in [-0.4, -0.2) is 16.7 Å². The first-order valence-corrected chi connectivity index (χ1v) is 7.57. The van der Waals surface area contributed by atoms with Gasteiger partial charge in [-0.1, -0.05) is 19.9 Å². The normalized spacial score (nSPS) is 36.0. The third-order valence-corrected chi connectivity index (χ3v) is 5.28. The van der Waals surface area contributed by atoms with E-state index in [0.717, 1.165) is 0 Å². The minimum Gasteiger partial charge on any atom is -0.447 e. The van der Waals surface area contributed by atoms with Gasteiger partial charge >= 0.3 is 0 Å². The summed E-state index contributed by atoms with van der Waals surface area (Å²) in [5, 5.41) is 38.0. The molecule has 0 radical (unpaired) electrons. The average Bonchev–Trinajstić information content (AvgIpc) is 2.78. The molecular weight excluding hydrogens is 306 g/mol. The molecule has 2 saturated heterocycles. The van der Waals surface area contributed by atoms with Crippen molar-refractivity contribution in [3.05, 3.63) is 30.1 Å². The maximum Gasteiger partial charge on any atom is 0.217 e. The van der Waals surface area contributed by atoms with Gasteiger partial charge in [-0.05, 0) is 6.07 Å². The maximum atomic E-state index is 9.94. The van der Waals surface area contributed by atoms with E-state index in [9.17, 15) is 15.8 Å². The average molecular weight is 321 g/mol. The van der Waals surface area contributed by atoms with Crippen LogP contribution < -0.4 is 0 Å².